The zero-order chi connectivity index (χ0) is 13.3. The average molecular weight is 249 g/mol. The molecule has 0 heterocycles. The Bertz CT molecular complexity index is 433. The zero-order valence-electron chi connectivity index (χ0n) is 8.53. The highest BCUT2D eigenvalue weighted by molar-refractivity contribution is 5.84. The lowest BCUT2D eigenvalue weighted by Gasteiger charge is -2.31. The number of alkyl halides is 3. The summed E-state index contributed by atoms with van der Waals surface area (Å²) in [6, 6.07) is 4.37. The molecular formula is C10H10F3NO3. The highest BCUT2D eigenvalue weighted by Crippen LogP contribution is 2.43. The van der Waals surface area contributed by atoms with E-state index in [1.807, 2.05) is 0 Å². The number of hydrogen-bond donors (Lipinski definition) is 3. The van der Waals surface area contributed by atoms with E-state index in [1.165, 1.54) is 12.1 Å². The molecule has 0 bridgehead atoms. The smallest absolute Gasteiger partial charge is 0.410 e. The molecule has 0 aliphatic heterocycles. The molecule has 0 aromatic heterocycles. The molecule has 4 nitrogen and oxygen atoms in total. The molecule has 7 heteroatoms. The van der Waals surface area contributed by atoms with Gasteiger partial charge in [0.05, 0.1) is 0 Å². The van der Waals surface area contributed by atoms with E-state index in [0.717, 1.165) is 12.1 Å². The van der Waals surface area contributed by atoms with Crippen molar-refractivity contribution in [2.75, 3.05) is 6.54 Å². The summed E-state index contributed by atoms with van der Waals surface area (Å²) in [7, 11) is 0. The Hall–Kier alpha value is -1.76. The Kier molecular flexibility index (Phi) is 3.33. The highest BCUT2D eigenvalue weighted by Gasteiger charge is 2.62. The monoisotopic (exact) mass is 249 g/mol. The van der Waals surface area contributed by atoms with Gasteiger partial charge in [0.25, 0.3) is 0 Å². The number of halogens is 3. The number of benzene rings is 1. The van der Waals surface area contributed by atoms with Crippen molar-refractivity contribution in [3.05, 3.63) is 29.8 Å². The fourth-order valence-electron chi connectivity index (χ4n) is 1.54. The van der Waals surface area contributed by atoms with Gasteiger partial charge in [0.2, 0.25) is 5.41 Å². The highest BCUT2D eigenvalue weighted by atomic mass is 19.4. The molecule has 0 amide bonds. The van der Waals surface area contributed by atoms with Crippen LogP contribution in [0.4, 0.5) is 13.2 Å². The summed E-state index contributed by atoms with van der Waals surface area (Å²) in [5.41, 5.74) is 0.929. The number of para-hydroxylation sites is 1. The zero-order valence-corrected chi connectivity index (χ0v) is 8.53. The van der Waals surface area contributed by atoms with Crippen molar-refractivity contribution in [3.8, 4) is 5.75 Å². The minimum atomic E-state index is -5.10. The average Bonchev–Trinajstić information content (AvgIpc) is 2.19. The number of rotatable bonds is 3. The minimum Gasteiger partial charge on any atom is -0.508 e. The van der Waals surface area contributed by atoms with Gasteiger partial charge in [-0.15, -0.1) is 0 Å². The summed E-state index contributed by atoms with van der Waals surface area (Å²) >= 11 is 0. The van der Waals surface area contributed by atoms with Gasteiger partial charge in [0.1, 0.15) is 5.75 Å². The topological polar surface area (TPSA) is 83.6 Å². The first-order chi connectivity index (χ1) is 7.77. The molecule has 1 aromatic rings. The first-order valence-electron chi connectivity index (χ1n) is 4.56. The number of phenolic OH excluding ortho intramolecular Hbond substituents is 1. The molecule has 17 heavy (non-hydrogen) atoms. The van der Waals surface area contributed by atoms with Crippen molar-refractivity contribution >= 4 is 5.97 Å². The van der Waals surface area contributed by atoms with Crippen molar-refractivity contribution in [3.63, 3.8) is 0 Å². The summed E-state index contributed by atoms with van der Waals surface area (Å²) in [4.78, 5) is 10.9. The third-order valence-electron chi connectivity index (χ3n) is 2.52. The standard InChI is InChI=1S/C10H10F3NO3/c11-10(12,13)9(5-14,8(16)17)6-3-1-2-4-7(6)15/h1-4,15H,5,14H2,(H,16,17). The van der Waals surface area contributed by atoms with Crippen molar-refractivity contribution in [2.45, 2.75) is 11.6 Å². The second-order valence-electron chi connectivity index (χ2n) is 3.43. The fourth-order valence-corrected chi connectivity index (χ4v) is 1.54. The Morgan fingerprint density at radius 1 is 1.29 bits per heavy atom. The molecular weight excluding hydrogens is 239 g/mol. The van der Waals surface area contributed by atoms with Crippen LogP contribution in [0.15, 0.2) is 24.3 Å². The molecule has 0 aliphatic rings. The molecule has 0 spiro atoms. The summed E-state index contributed by atoms with van der Waals surface area (Å²) in [5.74, 6) is -2.90. The molecule has 0 aliphatic carbocycles. The maximum absolute atomic E-state index is 12.9. The third kappa shape index (κ3) is 1.93. The number of carboxylic acid groups (broad SMARTS) is 1. The number of phenols is 1. The predicted molar refractivity (Wildman–Crippen MR) is 52.5 cm³/mol. The maximum atomic E-state index is 12.9. The number of hydrogen-bond acceptors (Lipinski definition) is 3. The summed E-state index contributed by atoms with van der Waals surface area (Å²) < 4.78 is 38.8. The van der Waals surface area contributed by atoms with Crippen LogP contribution in [-0.2, 0) is 10.2 Å². The second-order valence-corrected chi connectivity index (χ2v) is 3.43. The van der Waals surface area contributed by atoms with Crippen LogP contribution in [-0.4, -0.2) is 28.9 Å². The summed E-state index contributed by atoms with van der Waals surface area (Å²) in [5, 5.41) is 18.2. The molecule has 4 N–H and O–H groups in total. The predicted octanol–water partition coefficient (Wildman–Crippen LogP) is 1.24. The largest absolute Gasteiger partial charge is 0.508 e. The Balaban J connectivity index is 3.55. The van der Waals surface area contributed by atoms with Crippen LogP contribution in [0.2, 0.25) is 0 Å². The summed E-state index contributed by atoms with van der Waals surface area (Å²) in [6.45, 7) is -1.19. The number of aliphatic carboxylic acids is 1. The van der Waals surface area contributed by atoms with Gasteiger partial charge in [-0.3, -0.25) is 4.79 Å². The van der Waals surface area contributed by atoms with Gasteiger partial charge in [0, 0.05) is 12.1 Å². The van der Waals surface area contributed by atoms with E-state index in [1.54, 1.807) is 0 Å². The quantitative estimate of drug-likeness (QED) is 0.752. The molecule has 0 saturated heterocycles. The van der Waals surface area contributed by atoms with E-state index >= 15 is 0 Å². The molecule has 94 valence electrons. The Morgan fingerprint density at radius 3 is 2.18 bits per heavy atom. The number of nitrogens with two attached hydrogens (primary N) is 1. The normalized spacial score (nSPS) is 15.3. The second kappa shape index (κ2) is 4.25. The Labute approximate surface area is 94.5 Å². The van der Waals surface area contributed by atoms with E-state index in [0.29, 0.717) is 0 Å². The van der Waals surface area contributed by atoms with Crippen LogP contribution in [0.5, 0.6) is 5.75 Å². The van der Waals surface area contributed by atoms with E-state index in [2.05, 4.69) is 0 Å². The van der Waals surface area contributed by atoms with Crippen LogP contribution >= 0.6 is 0 Å². The van der Waals surface area contributed by atoms with Gasteiger partial charge in [-0.2, -0.15) is 13.2 Å². The van der Waals surface area contributed by atoms with Crippen LogP contribution in [0.25, 0.3) is 0 Å². The fraction of sp³-hybridized carbons (Fsp3) is 0.300. The molecule has 1 unspecified atom stereocenters. The number of carboxylic acids is 1. The van der Waals surface area contributed by atoms with Crippen LogP contribution < -0.4 is 5.73 Å². The van der Waals surface area contributed by atoms with Crippen LogP contribution in [0.3, 0.4) is 0 Å². The van der Waals surface area contributed by atoms with Gasteiger partial charge in [-0.25, -0.2) is 0 Å². The molecule has 1 atom stereocenters. The molecule has 0 fully saturated rings. The minimum absolute atomic E-state index is 0.752. The van der Waals surface area contributed by atoms with Gasteiger partial charge in [-0.1, -0.05) is 18.2 Å². The van der Waals surface area contributed by atoms with E-state index < -0.39 is 35.4 Å². The van der Waals surface area contributed by atoms with Gasteiger partial charge in [-0.05, 0) is 6.07 Å². The van der Waals surface area contributed by atoms with Crippen molar-refractivity contribution in [1.29, 1.82) is 0 Å². The lowest BCUT2D eigenvalue weighted by Crippen LogP contribution is -2.54. The number of carbonyl (C=O) groups is 1. The van der Waals surface area contributed by atoms with Crippen molar-refractivity contribution in [2.24, 2.45) is 5.73 Å². The summed E-state index contributed by atoms with van der Waals surface area (Å²) in [6.07, 6.45) is -5.10. The molecule has 0 saturated carbocycles. The Morgan fingerprint density at radius 2 is 1.82 bits per heavy atom. The lowest BCUT2D eigenvalue weighted by molar-refractivity contribution is -0.203. The number of aromatic hydroxyl groups is 1. The van der Waals surface area contributed by atoms with E-state index in [4.69, 9.17) is 10.8 Å². The maximum Gasteiger partial charge on any atom is 0.410 e. The SMILES string of the molecule is NCC(C(=O)O)(c1ccccc1O)C(F)(F)F. The molecule has 1 rings (SSSR count). The van der Waals surface area contributed by atoms with E-state index in [-0.39, 0.29) is 0 Å². The van der Waals surface area contributed by atoms with Gasteiger partial charge >= 0.3 is 12.1 Å². The van der Waals surface area contributed by atoms with Crippen molar-refractivity contribution < 1.29 is 28.2 Å². The lowest BCUT2D eigenvalue weighted by atomic mass is 9.79. The first kappa shape index (κ1) is 13.3. The molecule has 0 radical (unpaired) electrons. The first-order valence-corrected chi connectivity index (χ1v) is 4.56. The van der Waals surface area contributed by atoms with Crippen molar-refractivity contribution in [1.82, 2.24) is 0 Å². The van der Waals surface area contributed by atoms with Gasteiger partial charge < -0.3 is 15.9 Å². The third-order valence-corrected chi connectivity index (χ3v) is 2.52. The van der Waals surface area contributed by atoms with Crippen LogP contribution in [0, 0.1) is 0 Å². The molecule has 1 aromatic carbocycles. The van der Waals surface area contributed by atoms with Crippen LogP contribution in [0.1, 0.15) is 5.56 Å². The van der Waals surface area contributed by atoms with Gasteiger partial charge in [0.15, 0.2) is 0 Å². The van der Waals surface area contributed by atoms with E-state index in [9.17, 15) is 23.1 Å².